The monoisotopic (exact) mass is 490 g/mol. The second-order valence-electron chi connectivity index (χ2n) is 8.69. The number of aromatic nitrogens is 4. The van der Waals surface area contributed by atoms with Gasteiger partial charge in [0, 0.05) is 38.8 Å². The maximum atomic E-state index is 14.6. The van der Waals surface area contributed by atoms with Gasteiger partial charge in [0.2, 0.25) is 5.91 Å². The van der Waals surface area contributed by atoms with Crippen molar-refractivity contribution in [2.45, 2.75) is 44.8 Å². The first-order chi connectivity index (χ1) is 16.5. The molecule has 186 valence electrons. The van der Waals surface area contributed by atoms with Crippen LogP contribution in [0.25, 0.3) is 11.0 Å². The van der Waals surface area contributed by atoms with Crippen molar-refractivity contribution in [3.05, 3.63) is 57.6 Å². The average Bonchev–Trinajstić information content (AvgIpc) is 2.81. The van der Waals surface area contributed by atoms with E-state index in [4.69, 9.17) is 0 Å². The van der Waals surface area contributed by atoms with Crippen LogP contribution in [0.3, 0.4) is 0 Å². The molecule has 4 heterocycles. The van der Waals surface area contributed by atoms with Crippen molar-refractivity contribution >= 4 is 22.8 Å². The maximum Gasteiger partial charge on any atom is 0.266 e. The highest BCUT2D eigenvalue weighted by molar-refractivity contribution is 5.87. The van der Waals surface area contributed by atoms with Crippen LogP contribution in [-0.2, 0) is 17.4 Å². The number of pyridine rings is 2. The van der Waals surface area contributed by atoms with E-state index >= 15 is 0 Å². The van der Waals surface area contributed by atoms with E-state index in [-0.39, 0.29) is 41.5 Å². The molecule has 3 aromatic heterocycles. The predicted octanol–water partition coefficient (Wildman–Crippen LogP) is 2.80. The number of anilines is 1. The number of carbonyl (C=O) groups excluding carboxylic acids is 1. The van der Waals surface area contributed by atoms with Crippen molar-refractivity contribution in [3.63, 3.8) is 0 Å². The first kappa shape index (κ1) is 24.6. The van der Waals surface area contributed by atoms with Crippen molar-refractivity contribution in [1.29, 1.82) is 0 Å². The smallest absolute Gasteiger partial charge is 0.266 e. The lowest BCUT2D eigenvalue weighted by Crippen LogP contribution is -2.47. The van der Waals surface area contributed by atoms with E-state index in [1.807, 2.05) is 0 Å². The molecule has 0 aromatic carbocycles. The highest BCUT2D eigenvalue weighted by atomic mass is 19.3. The van der Waals surface area contributed by atoms with Crippen LogP contribution in [0.4, 0.5) is 19.0 Å². The zero-order valence-electron chi connectivity index (χ0n) is 19.4. The van der Waals surface area contributed by atoms with Gasteiger partial charge in [0.25, 0.3) is 12.0 Å². The molecule has 1 saturated heterocycles. The number of alkyl halides is 2. The van der Waals surface area contributed by atoms with Crippen molar-refractivity contribution in [3.8, 4) is 0 Å². The summed E-state index contributed by atoms with van der Waals surface area (Å²) in [5, 5.41) is 14.7. The van der Waals surface area contributed by atoms with Crippen LogP contribution in [0.15, 0.2) is 29.5 Å². The summed E-state index contributed by atoms with van der Waals surface area (Å²) in [6, 6.07) is 1.57. The van der Waals surface area contributed by atoms with E-state index in [2.05, 4.69) is 20.3 Å². The number of rotatable bonds is 5. The lowest BCUT2D eigenvalue weighted by molar-refractivity contribution is -0.133. The third kappa shape index (κ3) is 4.45. The molecule has 1 amide bonds. The lowest BCUT2D eigenvalue weighted by atomic mass is 9.84. The van der Waals surface area contributed by atoms with E-state index < -0.39 is 35.0 Å². The summed E-state index contributed by atoms with van der Waals surface area (Å²) in [6.45, 7) is 3.59. The minimum atomic E-state index is -2.99. The Balaban J connectivity index is 1.75. The lowest BCUT2D eigenvalue weighted by Gasteiger charge is -2.37. The molecule has 0 spiro atoms. The van der Waals surface area contributed by atoms with Gasteiger partial charge in [-0.2, -0.15) is 0 Å². The van der Waals surface area contributed by atoms with Gasteiger partial charge in [-0.05, 0) is 31.9 Å². The molecule has 1 fully saturated rings. The molecule has 2 N–H and O–H groups in total. The van der Waals surface area contributed by atoms with E-state index in [1.165, 1.54) is 30.9 Å². The third-order valence-corrected chi connectivity index (χ3v) is 6.49. The Kier molecular flexibility index (Phi) is 6.50. The molecule has 0 saturated carbocycles. The number of amides is 1. The molecule has 1 aliphatic heterocycles. The van der Waals surface area contributed by atoms with Gasteiger partial charge in [-0.15, -0.1) is 0 Å². The number of aryl methyl sites for hydroxylation is 1. The summed E-state index contributed by atoms with van der Waals surface area (Å²) in [6.07, 6.45) is -0.307. The van der Waals surface area contributed by atoms with Gasteiger partial charge in [0.05, 0.1) is 28.3 Å². The van der Waals surface area contributed by atoms with Gasteiger partial charge >= 0.3 is 0 Å². The number of aliphatic hydroxyl groups is 1. The van der Waals surface area contributed by atoms with Gasteiger partial charge in [-0.1, -0.05) is 0 Å². The fourth-order valence-corrected chi connectivity index (χ4v) is 4.40. The molecule has 0 radical (unpaired) electrons. The molecule has 1 atom stereocenters. The fourth-order valence-electron chi connectivity index (χ4n) is 4.40. The van der Waals surface area contributed by atoms with Gasteiger partial charge < -0.3 is 15.3 Å². The summed E-state index contributed by atoms with van der Waals surface area (Å²) in [4.78, 5) is 38.7. The standard InChI is InChI=1S/C23H25F3N6O3/c1-12(18-17(24)14(19(25)26)4-7-27-18)30-20-15-10-16(22(34)31(3)21(15)29-11-28-20)23(35)5-8-32(9-6-23)13(2)33/h4,7,10-12,19,35H,5-6,8-9H2,1-3H3,(H,28,29,30)/t12-/m1/s1. The topological polar surface area (TPSA) is 113 Å². The number of fused-ring (bicyclic) bond motifs is 1. The maximum absolute atomic E-state index is 14.6. The molecule has 12 heteroatoms. The van der Waals surface area contributed by atoms with Crippen molar-refractivity contribution in [2.24, 2.45) is 7.05 Å². The minimum absolute atomic E-state index is 0.107. The van der Waals surface area contributed by atoms with E-state index in [0.29, 0.717) is 18.5 Å². The molecular weight excluding hydrogens is 465 g/mol. The van der Waals surface area contributed by atoms with Gasteiger partial charge in [-0.25, -0.2) is 23.1 Å². The molecule has 4 rings (SSSR count). The van der Waals surface area contributed by atoms with Crippen LogP contribution in [0, 0.1) is 5.82 Å². The van der Waals surface area contributed by atoms with Gasteiger partial charge in [0.15, 0.2) is 5.82 Å². The van der Waals surface area contributed by atoms with Crippen molar-refractivity contribution in [2.75, 3.05) is 18.4 Å². The SMILES string of the molecule is CC(=O)N1CCC(O)(c2cc3c(N[C@H](C)c4nccc(C(F)F)c4F)ncnc3n(C)c2=O)CC1. The van der Waals surface area contributed by atoms with Crippen molar-refractivity contribution < 1.29 is 23.1 Å². The summed E-state index contributed by atoms with van der Waals surface area (Å²) < 4.78 is 42.2. The fraction of sp³-hybridized carbons (Fsp3) is 0.435. The Morgan fingerprint density at radius 3 is 2.54 bits per heavy atom. The Morgan fingerprint density at radius 2 is 1.91 bits per heavy atom. The van der Waals surface area contributed by atoms with E-state index in [0.717, 1.165) is 12.3 Å². The molecule has 35 heavy (non-hydrogen) atoms. The number of likely N-dealkylation sites (tertiary alicyclic amines) is 1. The average molecular weight is 490 g/mol. The first-order valence-corrected chi connectivity index (χ1v) is 11.1. The molecule has 1 aliphatic rings. The highest BCUT2D eigenvalue weighted by Crippen LogP contribution is 2.34. The number of nitrogens with zero attached hydrogens (tertiary/aromatic N) is 5. The number of hydrogen-bond donors (Lipinski definition) is 2. The molecule has 3 aromatic rings. The zero-order chi connectivity index (χ0) is 25.5. The van der Waals surface area contributed by atoms with Gasteiger partial charge in [0.1, 0.15) is 17.8 Å². The zero-order valence-corrected chi connectivity index (χ0v) is 19.4. The molecular formula is C23H25F3N6O3. The largest absolute Gasteiger partial charge is 0.385 e. The second kappa shape index (κ2) is 9.25. The Bertz CT molecular complexity index is 1340. The normalized spacial score (nSPS) is 16.5. The summed E-state index contributed by atoms with van der Waals surface area (Å²) in [7, 11) is 1.51. The van der Waals surface area contributed by atoms with Crippen LogP contribution < -0.4 is 10.9 Å². The summed E-state index contributed by atoms with van der Waals surface area (Å²) in [5.74, 6) is -1.00. The Hall–Kier alpha value is -3.54. The molecule has 0 unspecified atom stereocenters. The molecule has 0 aliphatic carbocycles. The van der Waals surface area contributed by atoms with Gasteiger partial charge in [-0.3, -0.25) is 19.1 Å². The van der Waals surface area contributed by atoms with Crippen molar-refractivity contribution in [1.82, 2.24) is 24.4 Å². The minimum Gasteiger partial charge on any atom is -0.385 e. The molecule has 0 bridgehead atoms. The Labute approximate surface area is 198 Å². The van der Waals surface area contributed by atoms with E-state index in [1.54, 1.807) is 11.8 Å². The third-order valence-electron chi connectivity index (χ3n) is 6.49. The number of carbonyl (C=O) groups is 1. The number of piperidine rings is 1. The number of nitrogens with one attached hydrogen (secondary N) is 1. The molecule has 9 nitrogen and oxygen atoms in total. The van der Waals surface area contributed by atoms with Crippen LogP contribution in [-0.4, -0.2) is 48.5 Å². The highest BCUT2D eigenvalue weighted by Gasteiger charge is 2.37. The quantitative estimate of drug-likeness (QED) is 0.566. The summed E-state index contributed by atoms with van der Waals surface area (Å²) in [5.41, 5.74) is -2.47. The number of hydrogen-bond acceptors (Lipinski definition) is 7. The predicted molar refractivity (Wildman–Crippen MR) is 121 cm³/mol. The number of halogens is 3. The van der Waals surface area contributed by atoms with Crippen LogP contribution >= 0.6 is 0 Å². The van der Waals surface area contributed by atoms with Crippen LogP contribution in [0.2, 0.25) is 0 Å². The van der Waals surface area contributed by atoms with Crippen LogP contribution in [0.5, 0.6) is 0 Å². The first-order valence-electron chi connectivity index (χ1n) is 11.1. The Morgan fingerprint density at radius 1 is 1.23 bits per heavy atom. The second-order valence-corrected chi connectivity index (χ2v) is 8.69. The summed E-state index contributed by atoms with van der Waals surface area (Å²) >= 11 is 0. The van der Waals surface area contributed by atoms with E-state index in [9.17, 15) is 27.9 Å². The van der Waals surface area contributed by atoms with Crippen LogP contribution in [0.1, 0.15) is 56.0 Å².